The molecule has 2 aromatic carbocycles. The number of nitrogens with zero attached hydrogens (tertiary/aromatic N) is 14. The largest absolute Gasteiger partial charge is 0.444 e. The number of benzene rings is 2. The van der Waals surface area contributed by atoms with Gasteiger partial charge in [-0.2, -0.15) is 25.5 Å². The standard InChI is InChI=1S/C17H17ClFN3O3.C15H23N3O3.C15H21N3O3.C11H16IN3O2.C10H18BO3.C10H15N3O.C6H5ClFN.CH4/c18-14-7-12(1-2-15(14)19)25-17(23)21-4-5-22-16(9-21)13(8-20-22)11-3-6-24-10-11;2*1-15(2,3)21-14(19)17-5-6-18-13(9-17)12(8-16-18)11-4-7-20-10-11;1-11(2,3)17-10(16)14-4-5-15-9(7-14)8(12)6-13-15;1-9(2,12)10(3,4)14-11-8-5-6-13-7-8;1-4-14-7-8(1)9-5-12-13-3-2-11-6-10(9)13;7-5-3-4(9)1-2-6(5)8;/h1-2,7-8,11H,3-6,9-10H2;8,11H,4-7,9-10H2,1-3H3;4,8H,5-7,9-10H2,1-3H3;6H,4-5,7H2,1-3H3;5,12H,6-7H2,1-4H3;5,8,11H,1-4,6-7H2;1-3H,9H2;1H4. The summed E-state index contributed by atoms with van der Waals surface area (Å²) in [6.07, 6.45) is 15.5. The molecule has 0 spiro atoms. The van der Waals surface area contributed by atoms with E-state index in [0.29, 0.717) is 122 Å². The third kappa shape index (κ3) is 26.7. The van der Waals surface area contributed by atoms with Gasteiger partial charge >= 0.3 is 31.9 Å². The minimum atomic E-state index is -0.872. The van der Waals surface area contributed by atoms with Crippen molar-refractivity contribution in [2.45, 2.75) is 228 Å². The van der Waals surface area contributed by atoms with E-state index in [1.807, 2.05) is 132 Å². The maximum absolute atomic E-state index is 13.2. The topological polar surface area (TPSA) is 321 Å². The van der Waals surface area contributed by atoms with Gasteiger partial charge in [-0.25, -0.2) is 28.0 Å². The van der Waals surface area contributed by atoms with Gasteiger partial charge in [0.05, 0.1) is 189 Å². The van der Waals surface area contributed by atoms with Gasteiger partial charge in [0.15, 0.2) is 0 Å². The van der Waals surface area contributed by atoms with Crippen molar-refractivity contribution in [3.8, 4) is 5.75 Å². The van der Waals surface area contributed by atoms with Gasteiger partial charge in [-0.05, 0) is 168 Å². The number of amides is 4. The smallest absolute Gasteiger partial charge is 0.415 e. The quantitative estimate of drug-likeness (QED) is 0.0523. The second-order valence-corrected chi connectivity index (χ2v) is 36.6. The first kappa shape index (κ1) is 96.0. The van der Waals surface area contributed by atoms with Gasteiger partial charge in [0, 0.05) is 111 Å². The van der Waals surface area contributed by atoms with Crippen LogP contribution in [-0.4, -0.2) is 232 Å². The maximum atomic E-state index is 13.2. The number of hydrogen-bond acceptors (Lipinski definition) is 22. The van der Waals surface area contributed by atoms with E-state index in [2.05, 4.69) is 64.2 Å². The van der Waals surface area contributed by atoms with E-state index in [-0.39, 0.29) is 41.5 Å². The Bertz CT molecular complexity index is 4740. The minimum absolute atomic E-state index is 0. The molecule has 3 unspecified atom stereocenters. The molecule has 7 aromatic rings. The molecule has 0 saturated carbocycles. The highest BCUT2D eigenvalue weighted by Gasteiger charge is 2.38. The van der Waals surface area contributed by atoms with Crippen LogP contribution in [0.1, 0.15) is 185 Å². The van der Waals surface area contributed by atoms with Crippen LogP contribution in [0.3, 0.4) is 0 Å². The Morgan fingerprint density at radius 2 is 0.943 bits per heavy atom. The van der Waals surface area contributed by atoms with E-state index in [9.17, 15) is 33.1 Å². The number of aliphatic hydroxyl groups is 1. The normalized spacial score (nSPS) is 19.1. The summed E-state index contributed by atoms with van der Waals surface area (Å²) in [4.78, 5) is 55.7. The van der Waals surface area contributed by atoms with Crippen molar-refractivity contribution in [2.24, 2.45) is 0 Å². The SMILES string of the molecule is C.CC(C)(C)OC(=O)N1CCn2ncc(C3=CCOC3)c2C1.CC(C)(C)OC(=O)N1CCn2ncc(C3CCOC3)c2C1.CC(C)(C)OC(=O)N1CCn2ncc(I)c2C1.CC(C)(O)C(C)(C)O[B]C1=CCOC1.Nc1ccc(F)c(Cl)c1.O=C(Oc1ccc(F)c(Cl)c1)N1CCn2ncc(C3CCOC3)c2C1.c1nn2c(c1C1CCOC1)CNCC2. The van der Waals surface area contributed by atoms with E-state index in [1.165, 1.54) is 53.2 Å². The van der Waals surface area contributed by atoms with Gasteiger partial charge < -0.3 is 83.0 Å². The molecular formula is C85H119BCl2F2IN16O15. The zero-order valence-corrected chi connectivity index (χ0v) is 75.2. The second-order valence-electron chi connectivity index (χ2n) is 34.6. The molecule has 15 heterocycles. The molecule has 10 aliphatic heterocycles. The van der Waals surface area contributed by atoms with Gasteiger partial charge in [-0.1, -0.05) is 48.3 Å². The molecule has 17 rings (SSSR count). The fourth-order valence-electron chi connectivity index (χ4n) is 14.1. The third-order valence-corrected chi connectivity index (χ3v) is 22.9. The molecule has 31 nitrogen and oxygen atoms in total. The molecule has 1 radical (unpaired) electrons. The predicted molar refractivity (Wildman–Crippen MR) is 465 cm³/mol. The number of nitrogen functional groups attached to an aromatic ring is 1. The van der Waals surface area contributed by atoms with Crippen LogP contribution in [-0.2, 0) is 108 Å². The molecule has 0 bridgehead atoms. The van der Waals surface area contributed by atoms with Crippen molar-refractivity contribution in [1.82, 2.24) is 73.8 Å². The van der Waals surface area contributed by atoms with Gasteiger partial charge in [-0.3, -0.25) is 23.4 Å². The molecule has 4 amide bonds. The fourth-order valence-corrected chi connectivity index (χ4v) is 15.0. The molecule has 5 aromatic heterocycles. The Labute approximate surface area is 737 Å². The highest BCUT2D eigenvalue weighted by atomic mass is 127. The molecule has 3 saturated heterocycles. The molecule has 37 heteroatoms. The lowest BCUT2D eigenvalue weighted by atomic mass is 9.83. The van der Waals surface area contributed by atoms with Crippen molar-refractivity contribution in [1.29, 1.82) is 0 Å². The first-order valence-electron chi connectivity index (χ1n) is 41.0. The summed E-state index contributed by atoms with van der Waals surface area (Å²) in [6.45, 7) is 41.7. The lowest BCUT2D eigenvalue weighted by Crippen LogP contribution is -2.48. The van der Waals surface area contributed by atoms with E-state index < -0.39 is 45.7 Å². The highest BCUT2D eigenvalue weighted by molar-refractivity contribution is 14.1. The van der Waals surface area contributed by atoms with E-state index in [0.717, 1.165) is 134 Å². The Balaban J connectivity index is 0.000000152. The summed E-state index contributed by atoms with van der Waals surface area (Å²) in [6, 6.07) is 7.92. The van der Waals surface area contributed by atoms with Crippen LogP contribution in [0.4, 0.5) is 33.6 Å². The first-order chi connectivity index (χ1) is 57.3. The zero-order valence-electron chi connectivity index (χ0n) is 71.5. The fraction of sp³-hybridized carbons (Fsp3) is 0.588. The molecular weight excluding hydrogens is 1730 g/mol. The summed E-state index contributed by atoms with van der Waals surface area (Å²) >= 11 is 13.3. The van der Waals surface area contributed by atoms with Gasteiger partial charge in [0.1, 0.15) is 34.2 Å². The second kappa shape index (κ2) is 42.6. The lowest BCUT2D eigenvalue weighted by molar-refractivity contribution is -0.0897. The number of nitrogens with two attached hydrogens (primary N) is 1. The van der Waals surface area contributed by atoms with Crippen molar-refractivity contribution in [3.05, 3.63) is 161 Å². The first-order valence-corrected chi connectivity index (χ1v) is 42.8. The van der Waals surface area contributed by atoms with Crippen LogP contribution in [0, 0.1) is 15.2 Å². The van der Waals surface area contributed by atoms with Crippen LogP contribution in [0.15, 0.2) is 85.0 Å². The number of ether oxygens (including phenoxy) is 9. The molecule has 0 aliphatic carbocycles. The Morgan fingerprint density at radius 3 is 1.38 bits per heavy atom. The molecule has 10 aliphatic rings. The minimum Gasteiger partial charge on any atom is -0.444 e. The number of nitrogens with one attached hydrogen (secondary N) is 1. The van der Waals surface area contributed by atoms with Crippen LogP contribution < -0.4 is 15.8 Å². The number of aromatic nitrogens is 10. The summed E-state index contributed by atoms with van der Waals surface area (Å²) < 4.78 is 90.6. The van der Waals surface area contributed by atoms with E-state index in [4.69, 9.17) is 76.2 Å². The summed E-state index contributed by atoms with van der Waals surface area (Å²) in [5.41, 5.74) is 15.6. The number of hydrogen-bond donors (Lipinski definition) is 3. The number of anilines is 1. The Hall–Kier alpha value is -8.24. The van der Waals surface area contributed by atoms with Crippen LogP contribution in [0.5, 0.6) is 5.75 Å². The lowest BCUT2D eigenvalue weighted by Gasteiger charge is -2.37. The summed E-state index contributed by atoms with van der Waals surface area (Å²) in [5, 5.41) is 35.2. The predicted octanol–water partition coefficient (Wildman–Crippen LogP) is 13.9. The number of fused-ring (bicyclic) bond motifs is 5. The van der Waals surface area contributed by atoms with Crippen molar-refractivity contribution in [3.63, 3.8) is 0 Å². The van der Waals surface area contributed by atoms with E-state index >= 15 is 0 Å². The van der Waals surface area contributed by atoms with Crippen molar-refractivity contribution in [2.75, 3.05) is 105 Å². The molecule has 3 atom stereocenters. The Kier molecular flexibility index (Phi) is 33.5. The Morgan fingerprint density at radius 1 is 0.525 bits per heavy atom. The van der Waals surface area contributed by atoms with Gasteiger partial charge in [-0.15, -0.1) is 0 Å². The summed E-state index contributed by atoms with van der Waals surface area (Å²) in [5.74, 6) is 0.555. The molecule has 3 fully saturated rings. The highest BCUT2D eigenvalue weighted by Crippen LogP contribution is 2.35. The van der Waals surface area contributed by atoms with E-state index in [1.54, 1.807) is 40.9 Å². The van der Waals surface area contributed by atoms with Crippen LogP contribution >= 0.6 is 45.8 Å². The molecule has 667 valence electrons. The van der Waals surface area contributed by atoms with Gasteiger partial charge in [0.25, 0.3) is 0 Å². The maximum Gasteiger partial charge on any atom is 0.415 e. The summed E-state index contributed by atoms with van der Waals surface area (Å²) in [7, 11) is 1.67. The average molecular weight is 1850 g/mol. The average Bonchev–Trinajstić information content (AvgIpc) is 1.65. The third-order valence-electron chi connectivity index (χ3n) is 21.4. The van der Waals surface area contributed by atoms with Crippen molar-refractivity contribution < 1.29 is 80.4 Å². The molecule has 122 heavy (non-hydrogen) atoms. The number of carbonyl (C=O) groups excluding carboxylic acids is 4. The number of carbonyl (C=O) groups is 4. The van der Waals surface area contributed by atoms with Crippen LogP contribution in [0.25, 0.3) is 5.57 Å². The monoisotopic (exact) mass is 1850 g/mol. The number of halogens is 5. The molecule has 4 N–H and O–H groups in total. The zero-order chi connectivity index (χ0) is 87.1. The van der Waals surface area contributed by atoms with Crippen LogP contribution in [0.2, 0.25) is 10.0 Å². The van der Waals surface area contributed by atoms with Crippen molar-refractivity contribution >= 4 is 88.9 Å². The number of rotatable bonds is 9. The van der Waals surface area contributed by atoms with Gasteiger partial charge in [0.2, 0.25) is 0 Å².